The predicted molar refractivity (Wildman–Crippen MR) is 109 cm³/mol. The summed E-state index contributed by atoms with van der Waals surface area (Å²) in [6.45, 7) is 0. The molecule has 0 amide bonds. The molecule has 1 atom stereocenters. The van der Waals surface area contributed by atoms with Crippen molar-refractivity contribution in [3.63, 3.8) is 0 Å². The van der Waals surface area contributed by atoms with Crippen molar-refractivity contribution in [3.8, 4) is 11.1 Å². The van der Waals surface area contributed by atoms with Crippen LogP contribution in [0.2, 0.25) is 0 Å². The molecule has 0 aromatic heterocycles. The van der Waals surface area contributed by atoms with Crippen molar-refractivity contribution in [2.24, 2.45) is 0 Å². The molecule has 136 valence electrons. The van der Waals surface area contributed by atoms with Crippen LogP contribution in [0.25, 0.3) is 11.1 Å². The Kier molecular flexibility index (Phi) is 4.93. The van der Waals surface area contributed by atoms with Crippen molar-refractivity contribution in [2.45, 2.75) is 25.3 Å². The van der Waals surface area contributed by atoms with E-state index in [0.717, 1.165) is 24.0 Å². The number of para-hydroxylation sites is 1. The average molecular weight is 357 g/mol. The second kappa shape index (κ2) is 7.67. The summed E-state index contributed by atoms with van der Waals surface area (Å²) in [4.78, 5) is 11.4. The molecule has 1 N–H and O–H groups in total. The summed E-state index contributed by atoms with van der Waals surface area (Å²) in [5, 5.41) is 3.63. The van der Waals surface area contributed by atoms with E-state index in [9.17, 15) is 4.79 Å². The summed E-state index contributed by atoms with van der Waals surface area (Å²) < 4.78 is 4.73. The maximum Gasteiger partial charge on any atom is 0.309 e. The molecule has 1 aliphatic heterocycles. The van der Waals surface area contributed by atoms with Crippen molar-refractivity contribution in [1.29, 1.82) is 0 Å². The van der Waals surface area contributed by atoms with E-state index in [2.05, 4.69) is 66.0 Å². The lowest BCUT2D eigenvalue weighted by Gasteiger charge is -2.12. The van der Waals surface area contributed by atoms with Gasteiger partial charge >= 0.3 is 5.97 Å². The van der Waals surface area contributed by atoms with Crippen molar-refractivity contribution >= 4 is 11.7 Å². The number of hydrogen-bond acceptors (Lipinski definition) is 3. The number of benzene rings is 3. The molecule has 1 unspecified atom stereocenters. The minimum Gasteiger partial charge on any atom is -0.469 e. The van der Waals surface area contributed by atoms with E-state index in [1.54, 1.807) is 0 Å². The second-order valence-corrected chi connectivity index (χ2v) is 7.06. The number of nitrogens with one attached hydrogen (secondary N) is 1. The standard InChI is InChI=1S/C24H23NO2/c1-27-24(26)15-17-9-11-19(12-10-17)20-7-4-5-18(13-20)14-22-16-21-6-2-3-8-23(21)25-22/h2-13,22,25H,14-16H2,1H3. The molecule has 4 rings (SSSR count). The summed E-state index contributed by atoms with van der Waals surface area (Å²) in [5.74, 6) is -0.213. The second-order valence-electron chi connectivity index (χ2n) is 7.06. The van der Waals surface area contributed by atoms with E-state index in [1.807, 2.05) is 12.1 Å². The molecule has 3 heteroatoms. The largest absolute Gasteiger partial charge is 0.469 e. The van der Waals surface area contributed by atoms with Crippen LogP contribution < -0.4 is 5.32 Å². The van der Waals surface area contributed by atoms with E-state index >= 15 is 0 Å². The molecule has 1 aliphatic rings. The molecule has 3 aromatic carbocycles. The van der Waals surface area contributed by atoms with Gasteiger partial charge in [0.1, 0.15) is 0 Å². The van der Waals surface area contributed by atoms with Crippen LogP contribution in [0.15, 0.2) is 72.8 Å². The van der Waals surface area contributed by atoms with E-state index in [-0.39, 0.29) is 5.97 Å². The number of carbonyl (C=O) groups is 1. The first-order valence-corrected chi connectivity index (χ1v) is 9.31. The van der Waals surface area contributed by atoms with Crippen molar-refractivity contribution in [1.82, 2.24) is 0 Å². The summed E-state index contributed by atoms with van der Waals surface area (Å²) >= 11 is 0. The van der Waals surface area contributed by atoms with Gasteiger partial charge in [-0.1, -0.05) is 66.7 Å². The van der Waals surface area contributed by atoms with Gasteiger partial charge < -0.3 is 10.1 Å². The Morgan fingerprint density at radius 2 is 1.78 bits per heavy atom. The fourth-order valence-corrected chi connectivity index (χ4v) is 3.71. The van der Waals surface area contributed by atoms with Crippen molar-refractivity contribution in [2.75, 3.05) is 12.4 Å². The lowest BCUT2D eigenvalue weighted by atomic mass is 9.97. The highest BCUT2D eigenvalue weighted by Crippen LogP contribution is 2.28. The van der Waals surface area contributed by atoms with Crippen LogP contribution in [0.4, 0.5) is 5.69 Å². The zero-order valence-electron chi connectivity index (χ0n) is 15.4. The highest BCUT2D eigenvalue weighted by molar-refractivity contribution is 5.73. The Morgan fingerprint density at radius 3 is 2.56 bits per heavy atom. The molecule has 27 heavy (non-hydrogen) atoms. The van der Waals surface area contributed by atoms with Crippen molar-refractivity contribution < 1.29 is 9.53 Å². The summed E-state index contributed by atoms with van der Waals surface area (Å²) in [6.07, 6.45) is 2.39. The molecule has 0 saturated heterocycles. The van der Waals surface area contributed by atoms with Gasteiger partial charge in [-0.2, -0.15) is 0 Å². The Bertz CT molecular complexity index is 922. The van der Waals surface area contributed by atoms with Crippen LogP contribution in [-0.4, -0.2) is 19.1 Å². The zero-order chi connectivity index (χ0) is 18.6. The lowest BCUT2D eigenvalue weighted by Crippen LogP contribution is -2.18. The summed E-state index contributed by atoms with van der Waals surface area (Å²) in [7, 11) is 1.42. The molecular formula is C24H23NO2. The van der Waals surface area contributed by atoms with Gasteiger partial charge in [-0.15, -0.1) is 0 Å². The van der Waals surface area contributed by atoms with Gasteiger partial charge in [-0.25, -0.2) is 0 Å². The third kappa shape index (κ3) is 4.03. The van der Waals surface area contributed by atoms with Gasteiger partial charge in [0.15, 0.2) is 0 Å². The first kappa shape index (κ1) is 17.3. The SMILES string of the molecule is COC(=O)Cc1ccc(-c2cccc(CC3Cc4ccccc4N3)c2)cc1. The van der Waals surface area contributed by atoms with Gasteiger partial charge in [0.2, 0.25) is 0 Å². The molecule has 3 aromatic rings. The number of rotatable bonds is 5. The molecule has 3 nitrogen and oxygen atoms in total. The van der Waals surface area contributed by atoms with E-state index < -0.39 is 0 Å². The topological polar surface area (TPSA) is 38.3 Å². The maximum atomic E-state index is 11.4. The lowest BCUT2D eigenvalue weighted by molar-refractivity contribution is -0.139. The van der Waals surface area contributed by atoms with Gasteiger partial charge in [0, 0.05) is 11.7 Å². The molecule has 1 heterocycles. The highest BCUT2D eigenvalue weighted by atomic mass is 16.5. The highest BCUT2D eigenvalue weighted by Gasteiger charge is 2.20. The number of carbonyl (C=O) groups excluding carboxylic acids is 1. The summed E-state index contributed by atoms with van der Waals surface area (Å²) in [6, 6.07) is 25.8. The van der Waals surface area contributed by atoms with Crippen LogP contribution in [-0.2, 0) is 28.8 Å². The molecule has 0 bridgehead atoms. The van der Waals surface area contributed by atoms with Crippen LogP contribution in [0.5, 0.6) is 0 Å². The predicted octanol–water partition coefficient (Wildman–Crippen LogP) is 4.65. The van der Waals surface area contributed by atoms with Crippen LogP contribution in [0, 0.1) is 0 Å². The summed E-state index contributed by atoms with van der Waals surface area (Å²) in [5.41, 5.74) is 7.33. The minimum atomic E-state index is -0.213. The van der Waals surface area contributed by atoms with Gasteiger partial charge in [0.05, 0.1) is 13.5 Å². The molecule has 0 saturated carbocycles. The van der Waals surface area contributed by atoms with E-state index in [1.165, 1.54) is 29.5 Å². The minimum absolute atomic E-state index is 0.213. The van der Waals surface area contributed by atoms with E-state index in [4.69, 9.17) is 4.74 Å². The first-order valence-electron chi connectivity index (χ1n) is 9.31. The average Bonchev–Trinajstić information content (AvgIpc) is 3.11. The van der Waals surface area contributed by atoms with Crippen LogP contribution in [0.3, 0.4) is 0 Å². The fourth-order valence-electron chi connectivity index (χ4n) is 3.71. The normalized spacial score (nSPS) is 15.1. The number of ether oxygens (including phenoxy) is 1. The van der Waals surface area contributed by atoms with E-state index in [0.29, 0.717) is 12.5 Å². The molecule has 0 fully saturated rings. The molecule has 0 aliphatic carbocycles. The third-order valence-corrected chi connectivity index (χ3v) is 5.12. The fraction of sp³-hybridized carbons (Fsp3) is 0.208. The van der Waals surface area contributed by atoms with Crippen LogP contribution in [0.1, 0.15) is 16.7 Å². The van der Waals surface area contributed by atoms with Crippen molar-refractivity contribution in [3.05, 3.63) is 89.5 Å². The first-order chi connectivity index (χ1) is 13.2. The third-order valence-electron chi connectivity index (χ3n) is 5.12. The Labute approximate surface area is 160 Å². The van der Waals surface area contributed by atoms with Gasteiger partial charge in [-0.05, 0) is 46.7 Å². The number of hydrogen-bond donors (Lipinski definition) is 1. The quantitative estimate of drug-likeness (QED) is 0.676. The Hall–Kier alpha value is -3.07. The Balaban J connectivity index is 1.46. The van der Waals surface area contributed by atoms with Gasteiger partial charge in [0.25, 0.3) is 0 Å². The number of anilines is 1. The maximum absolute atomic E-state index is 11.4. The monoisotopic (exact) mass is 357 g/mol. The molecule has 0 spiro atoms. The van der Waals surface area contributed by atoms with Crippen LogP contribution >= 0.6 is 0 Å². The zero-order valence-corrected chi connectivity index (χ0v) is 15.4. The Morgan fingerprint density at radius 1 is 0.963 bits per heavy atom. The number of methoxy groups -OCH3 is 1. The smallest absolute Gasteiger partial charge is 0.309 e. The molecule has 0 radical (unpaired) electrons. The molecular weight excluding hydrogens is 334 g/mol. The number of fused-ring (bicyclic) bond motifs is 1. The van der Waals surface area contributed by atoms with Gasteiger partial charge in [-0.3, -0.25) is 4.79 Å². The number of esters is 1.